The molecule has 3 N–H and O–H groups in total. The van der Waals surface area contributed by atoms with E-state index in [2.05, 4.69) is 16.0 Å². The Morgan fingerprint density at radius 1 is 0.828 bits per heavy atom. The summed E-state index contributed by atoms with van der Waals surface area (Å²) < 4.78 is 18.4. The van der Waals surface area contributed by atoms with Gasteiger partial charge in [-0.1, -0.05) is 24.3 Å². The number of nitrogens with one attached hydrogen (secondary N) is 3. The fourth-order valence-corrected chi connectivity index (χ4v) is 2.51. The summed E-state index contributed by atoms with van der Waals surface area (Å²) in [5.41, 5.74) is 1.69. The van der Waals surface area contributed by atoms with Crippen molar-refractivity contribution in [2.24, 2.45) is 0 Å². The average molecular weight is 393 g/mol. The number of rotatable bonds is 7. The lowest BCUT2D eigenvalue weighted by Crippen LogP contribution is -2.28. The first-order valence-electron chi connectivity index (χ1n) is 9.00. The molecule has 0 saturated heterocycles. The van der Waals surface area contributed by atoms with Crippen LogP contribution in [-0.4, -0.2) is 25.1 Å². The van der Waals surface area contributed by atoms with Gasteiger partial charge in [0.05, 0.1) is 6.54 Å². The molecule has 148 valence electrons. The molecule has 0 saturated carbocycles. The first kappa shape index (κ1) is 19.9. The van der Waals surface area contributed by atoms with Crippen molar-refractivity contribution in [3.63, 3.8) is 0 Å². The van der Waals surface area contributed by atoms with Gasteiger partial charge in [-0.15, -0.1) is 0 Å². The molecule has 0 radical (unpaired) electrons. The minimum Gasteiger partial charge on any atom is -0.492 e. The first-order valence-corrected chi connectivity index (χ1v) is 9.00. The first-order chi connectivity index (χ1) is 14.1. The molecule has 6 nitrogen and oxygen atoms in total. The quantitative estimate of drug-likeness (QED) is 0.524. The number of para-hydroxylation sites is 1. The fourth-order valence-electron chi connectivity index (χ4n) is 2.51. The molecule has 3 amide bonds. The van der Waals surface area contributed by atoms with Crippen LogP contribution < -0.4 is 20.7 Å². The molecule has 0 aliphatic rings. The fraction of sp³-hybridized carbons (Fsp3) is 0.0909. The van der Waals surface area contributed by atoms with E-state index in [0.29, 0.717) is 22.7 Å². The second-order valence-electron chi connectivity index (χ2n) is 6.08. The Balaban J connectivity index is 1.43. The number of hydrogen-bond acceptors (Lipinski definition) is 3. The summed E-state index contributed by atoms with van der Waals surface area (Å²) in [5.74, 6) is -0.241. The molecule has 0 spiro atoms. The van der Waals surface area contributed by atoms with Crippen LogP contribution in [-0.2, 0) is 0 Å². The van der Waals surface area contributed by atoms with E-state index in [-0.39, 0.29) is 30.9 Å². The topological polar surface area (TPSA) is 79.5 Å². The summed E-state index contributed by atoms with van der Waals surface area (Å²) in [6, 6.07) is 21.0. The number of halogens is 1. The Labute approximate surface area is 167 Å². The van der Waals surface area contributed by atoms with E-state index >= 15 is 0 Å². The highest BCUT2D eigenvalue weighted by atomic mass is 19.1. The van der Waals surface area contributed by atoms with Gasteiger partial charge in [0.2, 0.25) is 0 Å². The van der Waals surface area contributed by atoms with E-state index in [9.17, 15) is 14.0 Å². The van der Waals surface area contributed by atoms with E-state index < -0.39 is 0 Å². The van der Waals surface area contributed by atoms with Crippen molar-refractivity contribution >= 4 is 23.3 Å². The molecule has 3 aromatic carbocycles. The third-order valence-electron chi connectivity index (χ3n) is 3.89. The van der Waals surface area contributed by atoms with E-state index in [1.54, 1.807) is 48.5 Å². The molecule has 29 heavy (non-hydrogen) atoms. The Kier molecular flexibility index (Phi) is 6.78. The number of urea groups is 1. The minimum absolute atomic E-state index is 0.217. The molecule has 0 aromatic heterocycles. The predicted octanol–water partition coefficient (Wildman–Crippen LogP) is 4.28. The molecular formula is C22H20FN3O3. The molecule has 0 aliphatic heterocycles. The Hall–Kier alpha value is -3.87. The van der Waals surface area contributed by atoms with Gasteiger partial charge in [-0.3, -0.25) is 4.79 Å². The van der Waals surface area contributed by atoms with Gasteiger partial charge in [-0.05, 0) is 48.5 Å². The van der Waals surface area contributed by atoms with Crippen LogP contribution in [0.15, 0.2) is 78.9 Å². The van der Waals surface area contributed by atoms with Gasteiger partial charge in [0, 0.05) is 23.0 Å². The van der Waals surface area contributed by atoms with Gasteiger partial charge in [0.15, 0.2) is 0 Å². The number of hydrogen-bond donors (Lipinski definition) is 3. The van der Waals surface area contributed by atoms with Crippen LogP contribution in [0, 0.1) is 5.82 Å². The van der Waals surface area contributed by atoms with Crippen molar-refractivity contribution in [3.8, 4) is 5.75 Å². The number of carbonyl (C=O) groups excluding carboxylic acids is 2. The van der Waals surface area contributed by atoms with Crippen molar-refractivity contribution in [3.05, 3.63) is 90.2 Å². The maximum Gasteiger partial charge on any atom is 0.323 e. The lowest BCUT2D eigenvalue weighted by molar-refractivity contribution is 0.0947. The molecule has 0 unspecified atom stereocenters. The van der Waals surface area contributed by atoms with Crippen molar-refractivity contribution in [2.75, 3.05) is 23.8 Å². The van der Waals surface area contributed by atoms with Gasteiger partial charge in [0.1, 0.15) is 18.2 Å². The smallest absolute Gasteiger partial charge is 0.323 e. The summed E-state index contributed by atoms with van der Waals surface area (Å²) in [4.78, 5) is 24.1. The van der Waals surface area contributed by atoms with Crippen LogP contribution in [0.2, 0.25) is 0 Å². The van der Waals surface area contributed by atoms with Crippen LogP contribution in [0.4, 0.5) is 20.6 Å². The molecule has 7 heteroatoms. The van der Waals surface area contributed by atoms with Crippen LogP contribution in [0.1, 0.15) is 10.4 Å². The number of anilines is 2. The van der Waals surface area contributed by atoms with E-state index in [1.165, 1.54) is 12.1 Å². The van der Waals surface area contributed by atoms with Gasteiger partial charge in [-0.2, -0.15) is 0 Å². The number of benzene rings is 3. The van der Waals surface area contributed by atoms with Crippen molar-refractivity contribution < 1.29 is 18.7 Å². The maximum atomic E-state index is 13.1. The Morgan fingerprint density at radius 2 is 1.52 bits per heavy atom. The second kappa shape index (κ2) is 9.89. The van der Waals surface area contributed by atoms with Crippen LogP contribution in [0.25, 0.3) is 0 Å². The lowest BCUT2D eigenvalue weighted by atomic mass is 10.2. The molecule has 0 aliphatic carbocycles. The van der Waals surface area contributed by atoms with Crippen LogP contribution >= 0.6 is 0 Å². The van der Waals surface area contributed by atoms with Crippen LogP contribution in [0.5, 0.6) is 5.75 Å². The molecule has 3 rings (SSSR count). The molecule has 0 fully saturated rings. The molecule has 3 aromatic rings. The van der Waals surface area contributed by atoms with Crippen molar-refractivity contribution in [1.29, 1.82) is 0 Å². The number of ether oxygens (including phenoxy) is 1. The Morgan fingerprint density at radius 3 is 2.21 bits per heavy atom. The normalized spacial score (nSPS) is 10.1. The molecule has 0 bridgehead atoms. The molecular weight excluding hydrogens is 373 g/mol. The molecule has 0 heterocycles. The summed E-state index contributed by atoms with van der Waals surface area (Å²) >= 11 is 0. The third-order valence-corrected chi connectivity index (χ3v) is 3.89. The predicted molar refractivity (Wildman–Crippen MR) is 110 cm³/mol. The Bertz CT molecular complexity index is 963. The van der Waals surface area contributed by atoms with Gasteiger partial charge in [-0.25, -0.2) is 9.18 Å². The highest BCUT2D eigenvalue weighted by Crippen LogP contribution is 2.12. The maximum absolute atomic E-state index is 13.1. The summed E-state index contributed by atoms with van der Waals surface area (Å²) in [6.07, 6.45) is 0. The van der Waals surface area contributed by atoms with Gasteiger partial charge >= 0.3 is 6.03 Å². The summed E-state index contributed by atoms with van der Waals surface area (Å²) in [5, 5.41) is 8.13. The highest BCUT2D eigenvalue weighted by Gasteiger charge is 2.07. The van der Waals surface area contributed by atoms with E-state index in [1.807, 2.05) is 18.2 Å². The zero-order chi connectivity index (χ0) is 20.5. The van der Waals surface area contributed by atoms with E-state index in [0.717, 1.165) is 0 Å². The van der Waals surface area contributed by atoms with E-state index in [4.69, 9.17) is 4.74 Å². The van der Waals surface area contributed by atoms with Crippen molar-refractivity contribution in [2.45, 2.75) is 0 Å². The summed E-state index contributed by atoms with van der Waals surface area (Å²) in [6.45, 7) is 0.489. The lowest BCUT2D eigenvalue weighted by Gasteiger charge is -2.09. The highest BCUT2D eigenvalue weighted by molar-refractivity contribution is 6.00. The number of amides is 3. The minimum atomic E-state index is -0.377. The molecule has 0 atom stereocenters. The standard InChI is InChI=1S/C22H20FN3O3/c23-17-5-4-8-20(15-17)29-14-13-24-21(27)16-9-11-19(12-10-16)26-22(28)25-18-6-2-1-3-7-18/h1-12,15H,13-14H2,(H,24,27)(H2,25,26,28). The average Bonchev–Trinajstić information content (AvgIpc) is 2.72. The zero-order valence-corrected chi connectivity index (χ0v) is 15.5. The number of carbonyl (C=O) groups is 2. The zero-order valence-electron chi connectivity index (χ0n) is 15.5. The van der Waals surface area contributed by atoms with Crippen molar-refractivity contribution in [1.82, 2.24) is 5.32 Å². The van der Waals surface area contributed by atoms with Gasteiger partial charge < -0.3 is 20.7 Å². The summed E-state index contributed by atoms with van der Waals surface area (Å²) in [7, 11) is 0. The van der Waals surface area contributed by atoms with Gasteiger partial charge in [0.25, 0.3) is 5.91 Å². The largest absolute Gasteiger partial charge is 0.492 e. The monoisotopic (exact) mass is 393 g/mol. The second-order valence-corrected chi connectivity index (χ2v) is 6.08. The third kappa shape index (κ3) is 6.35. The SMILES string of the molecule is O=C(Nc1ccccc1)Nc1ccc(C(=O)NCCOc2cccc(F)c2)cc1. The van der Waals surface area contributed by atoms with Crippen LogP contribution in [0.3, 0.4) is 0 Å².